The van der Waals surface area contributed by atoms with E-state index in [0.717, 1.165) is 48.3 Å². The number of nitrogens with two attached hydrogens (primary N) is 1. The molecule has 10 nitrogen and oxygen atoms in total. The van der Waals surface area contributed by atoms with Gasteiger partial charge in [0.25, 0.3) is 5.91 Å². The van der Waals surface area contributed by atoms with E-state index in [9.17, 15) is 14.4 Å². The Morgan fingerprint density at radius 3 is 2.58 bits per heavy atom. The van der Waals surface area contributed by atoms with E-state index in [1.807, 2.05) is 27.0 Å². The Morgan fingerprint density at radius 2 is 1.97 bits per heavy atom. The second kappa shape index (κ2) is 10.7. The van der Waals surface area contributed by atoms with Crippen LogP contribution in [0.4, 0.5) is 16.4 Å². The van der Waals surface area contributed by atoms with Gasteiger partial charge < -0.3 is 15.6 Å². The highest BCUT2D eigenvalue weighted by Gasteiger charge is 2.55. The smallest absolute Gasteiger partial charge is 0.325 e. The summed E-state index contributed by atoms with van der Waals surface area (Å²) in [4.78, 5) is 51.4. The van der Waals surface area contributed by atoms with Gasteiger partial charge in [-0.2, -0.15) is 0 Å². The summed E-state index contributed by atoms with van der Waals surface area (Å²) in [6.07, 6.45) is 10.1. The van der Waals surface area contributed by atoms with Gasteiger partial charge in [-0.1, -0.05) is 26.2 Å². The molecule has 36 heavy (non-hydrogen) atoms. The normalized spacial score (nSPS) is 21.1. The first kappa shape index (κ1) is 25.7. The Labute approximate surface area is 212 Å². The number of nitrogens with zero attached hydrogens (tertiary/aromatic N) is 5. The fraction of sp³-hybridized carbons (Fsp3) is 0.577. The van der Waals surface area contributed by atoms with Crippen molar-refractivity contribution in [2.75, 3.05) is 17.7 Å². The lowest BCUT2D eigenvalue weighted by Crippen LogP contribution is -2.71. The lowest BCUT2D eigenvalue weighted by atomic mass is 9.81. The molecule has 2 aliphatic rings. The summed E-state index contributed by atoms with van der Waals surface area (Å²) in [7, 11) is 3.43. The van der Waals surface area contributed by atoms with Crippen LogP contribution in [0.25, 0.3) is 0 Å². The van der Waals surface area contributed by atoms with E-state index in [0.29, 0.717) is 24.0 Å². The highest BCUT2D eigenvalue weighted by Crippen LogP contribution is 2.34. The molecule has 2 fully saturated rings. The number of imide groups is 1. The van der Waals surface area contributed by atoms with Gasteiger partial charge >= 0.3 is 6.03 Å². The van der Waals surface area contributed by atoms with Crippen LogP contribution in [0.2, 0.25) is 0 Å². The average molecular weight is 496 g/mol. The quantitative estimate of drug-likeness (QED) is 0.569. The summed E-state index contributed by atoms with van der Waals surface area (Å²) >= 11 is 0. The molecule has 194 valence electrons. The third-order valence-corrected chi connectivity index (χ3v) is 7.51. The maximum Gasteiger partial charge on any atom is 0.325 e. The second-order valence-electron chi connectivity index (χ2n) is 10.2. The van der Waals surface area contributed by atoms with Crippen LogP contribution in [0, 0.1) is 18.8 Å². The number of likely N-dealkylation sites (N-methyl/N-ethyl adjacent to an activating group) is 1. The minimum Gasteiger partial charge on any atom is -0.384 e. The summed E-state index contributed by atoms with van der Waals surface area (Å²) in [5, 5.41) is 3.08. The second-order valence-corrected chi connectivity index (χ2v) is 10.2. The summed E-state index contributed by atoms with van der Waals surface area (Å²) in [5.41, 5.74) is 7.46. The van der Waals surface area contributed by atoms with Crippen LogP contribution in [0.15, 0.2) is 24.7 Å². The number of imidazole rings is 1. The van der Waals surface area contributed by atoms with Crippen molar-refractivity contribution < 1.29 is 14.4 Å². The number of hydrogen-bond acceptors (Lipinski definition) is 6. The highest BCUT2D eigenvalue weighted by atomic mass is 16.2. The number of anilines is 2. The Hall–Kier alpha value is -3.43. The summed E-state index contributed by atoms with van der Waals surface area (Å²) in [5.74, 6) is -0.167. The fourth-order valence-electron chi connectivity index (χ4n) is 5.60. The zero-order valence-electron chi connectivity index (χ0n) is 21.6. The number of carbonyl (C=O) groups is 3. The zero-order valence-corrected chi connectivity index (χ0v) is 21.6. The van der Waals surface area contributed by atoms with Gasteiger partial charge in [-0.05, 0) is 56.2 Å². The number of urea groups is 1. The van der Waals surface area contributed by atoms with Crippen LogP contribution in [0.1, 0.15) is 56.7 Å². The first-order valence-corrected chi connectivity index (χ1v) is 12.8. The topological polar surface area (TPSA) is 126 Å². The molecule has 0 spiro atoms. The number of nitrogen functional groups attached to an aromatic ring is 1. The van der Waals surface area contributed by atoms with Crippen LogP contribution in [0.3, 0.4) is 0 Å². The molecule has 4 rings (SSSR count). The zero-order chi connectivity index (χ0) is 26.0. The first-order chi connectivity index (χ1) is 17.2. The Morgan fingerprint density at radius 1 is 1.25 bits per heavy atom. The number of likely N-dealkylation sites (tertiary alicyclic amines) is 1. The van der Waals surface area contributed by atoms with E-state index < -0.39 is 18.0 Å². The standard InChI is InChI=1S/C26H37N7O3/c1-5-20(18-9-7-6-8-10-18)30-26(36)33-23(25(35)32(4)22-14-31(3)15-28-22)19(24(33)34)12-17-11-16(2)29-21(27)13-17/h11,13-15,18-20,23H,5-10,12H2,1-4H3,(H2,27,29)(H,30,36)/t19-,20?,23+/m1/s1. The maximum atomic E-state index is 13.7. The number of carbonyl (C=O) groups excluding carboxylic acids is 3. The first-order valence-electron chi connectivity index (χ1n) is 12.8. The lowest BCUT2D eigenvalue weighted by molar-refractivity contribution is -0.156. The van der Waals surface area contributed by atoms with E-state index >= 15 is 0 Å². The summed E-state index contributed by atoms with van der Waals surface area (Å²) in [6.45, 7) is 3.88. The molecule has 3 atom stereocenters. The highest BCUT2D eigenvalue weighted by molar-refractivity contribution is 6.12. The van der Waals surface area contributed by atoms with Gasteiger partial charge in [0.2, 0.25) is 5.91 Å². The largest absolute Gasteiger partial charge is 0.384 e. The molecule has 10 heteroatoms. The Bertz CT molecular complexity index is 1100. The number of amides is 4. The average Bonchev–Trinajstić information content (AvgIpc) is 3.29. The molecule has 0 radical (unpaired) electrons. The number of aryl methyl sites for hydroxylation is 2. The number of rotatable bonds is 7. The van der Waals surface area contributed by atoms with Crippen LogP contribution in [-0.2, 0) is 23.1 Å². The van der Waals surface area contributed by atoms with Crippen molar-refractivity contribution in [3.05, 3.63) is 35.9 Å². The molecule has 2 aromatic heterocycles. The molecule has 3 heterocycles. The van der Waals surface area contributed by atoms with E-state index in [4.69, 9.17) is 5.73 Å². The molecule has 1 saturated carbocycles. The number of nitrogens with one attached hydrogen (secondary N) is 1. The fourth-order valence-corrected chi connectivity index (χ4v) is 5.60. The molecule has 1 aliphatic heterocycles. The number of pyridine rings is 1. The van der Waals surface area contributed by atoms with E-state index in [1.54, 1.807) is 30.2 Å². The molecule has 4 amide bonds. The molecule has 1 saturated heterocycles. The van der Waals surface area contributed by atoms with Gasteiger partial charge in [0, 0.05) is 32.0 Å². The molecule has 1 unspecified atom stereocenters. The van der Waals surface area contributed by atoms with Crippen molar-refractivity contribution in [1.82, 2.24) is 24.8 Å². The van der Waals surface area contributed by atoms with E-state index in [1.165, 1.54) is 11.3 Å². The van der Waals surface area contributed by atoms with Crippen molar-refractivity contribution >= 4 is 29.5 Å². The molecular formula is C26H37N7O3. The SMILES string of the molecule is CCC(NC(=O)N1C(=O)[C@H](Cc2cc(C)nc(N)c2)[C@H]1C(=O)N(C)c1cn(C)cn1)C1CCCCC1. The number of hydrogen-bond donors (Lipinski definition) is 2. The predicted molar refractivity (Wildman–Crippen MR) is 137 cm³/mol. The molecule has 2 aromatic rings. The predicted octanol–water partition coefficient (Wildman–Crippen LogP) is 2.81. The summed E-state index contributed by atoms with van der Waals surface area (Å²) < 4.78 is 1.74. The monoisotopic (exact) mass is 495 g/mol. The molecule has 0 aromatic carbocycles. The van der Waals surface area contributed by atoms with Crippen LogP contribution in [-0.4, -0.2) is 56.4 Å². The van der Waals surface area contributed by atoms with Crippen molar-refractivity contribution in [3.8, 4) is 0 Å². The van der Waals surface area contributed by atoms with Gasteiger partial charge in [0.15, 0.2) is 5.82 Å². The van der Waals surface area contributed by atoms with Gasteiger partial charge in [-0.25, -0.2) is 14.8 Å². The van der Waals surface area contributed by atoms with Crippen molar-refractivity contribution in [1.29, 1.82) is 0 Å². The van der Waals surface area contributed by atoms with Gasteiger partial charge in [-0.3, -0.25) is 19.4 Å². The molecule has 3 N–H and O–H groups in total. The molecule has 0 bridgehead atoms. The van der Waals surface area contributed by atoms with Gasteiger partial charge in [0.1, 0.15) is 11.9 Å². The van der Waals surface area contributed by atoms with Crippen LogP contribution >= 0.6 is 0 Å². The third-order valence-electron chi connectivity index (χ3n) is 7.51. The minimum atomic E-state index is -0.928. The van der Waals surface area contributed by atoms with Crippen LogP contribution < -0.4 is 16.0 Å². The lowest BCUT2D eigenvalue weighted by Gasteiger charge is -2.46. The van der Waals surface area contributed by atoms with Crippen molar-refractivity contribution in [2.24, 2.45) is 18.9 Å². The summed E-state index contributed by atoms with van der Waals surface area (Å²) in [6, 6.07) is 2.13. The van der Waals surface area contributed by atoms with Crippen molar-refractivity contribution in [2.45, 2.75) is 70.9 Å². The van der Waals surface area contributed by atoms with E-state index in [-0.39, 0.29) is 17.9 Å². The molecule has 1 aliphatic carbocycles. The van der Waals surface area contributed by atoms with Crippen LogP contribution in [0.5, 0.6) is 0 Å². The maximum absolute atomic E-state index is 13.7. The number of β-lactam (4-membered cyclic amide) rings is 1. The molecular weight excluding hydrogens is 458 g/mol. The van der Waals surface area contributed by atoms with Gasteiger partial charge in [-0.15, -0.1) is 0 Å². The Balaban J connectivity index is 1.57. The van der Waals surface area contributed by atoms with Crippen molar-refractivity contribution in [3.63, 3.8) is 0 Å². The van der Waals surface area contributed by atoms with E-state index in [2.05, 4.69) is 15.3 Å². The minimum absolute atomic E-state index is 0.0171. The number of aromatic nitrogens is 3. The Kier molecular flexibility index (Phi) is 7.61. The third kappa shape index (κ3) is 5.22. The van der Waals surface area contributed by atoms with Gasteiger partial charge in [0.05, 0.1) is 12.2 Å².